The third kappa shape index (κ3) is 3.77. The fraction of sp³-hybridized carbons (Fsp3) is 0. The van der Waals surface area contributed by atoms with Gasteiger partial charge in [-0.2, -0.15) is 4.21 Å². The minimum absolute atomic E-state index is 0.311. The summed E-state index contributed by atoms with van der Waals surface area (Å²) in [6.07, 6.45) is 0. The van der Waals surface area contributed by atoms with Crippen LogP contribution in [0, 0.1) is 0 Å². The van der Waals surface area contributed by atoms with E-state index >= 15 is 0 Å². The first-order valence-electron chi connectivity index (χ1n) is 0.914. The largest absolute Gasteiger partial charge is 0.255 e. The molecular weight excluding hydrogens is 126 g/mol. The summed E-state index contributed by atoms with van der Waals surface area (Å²) in [6, 6.07) is 0. The molecule has 0 fully saturated rings. The van der Waals surface area contributed by atoms with Crippen molar-refractivity contribution in [1.82, 2.24) is 0 Å². The highest BCUT2D eigenvalue weighted by Crippen LogP contribution is 1.55. The van der Waals surface area contributed by atoms with Crippen molar-refractivity contribution in [3.05, 3.63) is 0 Å². The van der Waals surface area contributed by atoms with Gasteiger partial charge in [-0.25, -0.2) is 8.42 Å². The molecular formula is HNO3S2. The van der Waals surface area contributed by atoms with Gasteiger partial charge < -0.3 is 0 Å². The molecule has 0 unspecified atom stereocenters. The Morgan fingerprint density at radius 1 is 1.50 bits per heavy atom. The molecule has 0 aliphatic heterocycles. The molecule has 36 valence electrons. The van der Waals surface area contributed by atoms with E-state index in [1.807, 2.05) is 0 Å². The van der Waals surface area contributed by atoms with Crippen molar-refractivity contribution >= 4 is 22.4 Å². The number of hydrogen-bond acceptors (Lipinski definition) is 3. The Labute approximate surface area is 39.5 Å². The zero-order valence-electron chi connectivity index (χ0n) is 2.53. The van der Waals surface area contributed by atoms with Crippen molar-refractivity contribution in [2.75, 3.05) is 0 Å². The summed E-state index contributed by atoms with van der Waals surface area (Å²) in [5.74, 6) is 0. The quantitative estimate of drug-likeness (QED) is 0.455. The molecule has 0 spiro atoms. The van der Waals surface area contributed by atoms with Gasteiger partial charge in [0, 0.05) is 0 Å². The van der Waals surface area contributed by atoms with Crippen molar-refractivity contribution in [3.8, 4) is 0 Å². The van der Waals surface area contributed by atoms with Gasteiger partial charge in [0.25, 0.3) is 10.9 Å². The van der Waals surface area contributed by atoms with Crippen LogP contribution in [-0.2, 0) is 22.4 Å². The van der Waals surface area contributed by atoms with Gasteiger partial charge in [0.2, 0.25) is 11.5 Å². The molecule has 0 aliphatic rings. The Morgan fingerprint density at radius 2 is 2.00 bits per heavy atom. The van der Waals surface area contributed by atoms with E-state index in [4.69, 9.17) is 4.21 Å². The fourth-order valence-electron chi connectivity index (χ4n) is 0.0272. The van der Waals surface area contributed by atoms with Crippen molar-refractivity contribution in [3.63, 3.8) is 0 Å². The molecule has 0 bridgehead atoms. The van der Waals surface area contributed by atoms with Gasteiger partial charge in [-0.3, -0.25) is 0 Å². The van der Waals surface area contributed by atoms with Crippen LogP contribution in [0.2, 0.25) is 0 Å². The second kappa shape index (κ2) is 2.98. The van der Waals surface area contributed by atoms with Crippen LogP contribution in [0.1, 0.15) is 0 Å². The van der Waals surface area contributed by atoms with Crippen LogP contribution in [0.25, 0.3) is 0 Å². The summed E-state index contributed by atoms with van der Waals surface area (Å²) in [4.78, 5) is 0. The first-order chi connectivity index (χ1) is 2.77. The van der Waals surface area contributed by atoms with Gasteiger partial charge in [-0.1, -0.05) is 3.77 Å². The highest BCUT2D eigenvalue weighted by atomic mass is 32.2. The van der Waals surface area contributed by atoms with E-state index in [0.29, 0.717) is 0 Å². The molecule has 0 N–H and O–H groups in total. The maximum Gasteiger partial charge on any atom is 0.255 e. The monoisotopic (exact) mass is 127 g/mol. The zero-order chi connectivity index (χ0) is 4.99. The summed E-state index contributed by atoms with van der Waals surface area (Å²) in [5.41, 5.74) is 0. The van der Waals surface area contributed by atoms with Crippen LogP contribution in [0.4, 0.5) is 0 Å². The number of rotatable bonds is 1. The second-order valence-corrected chi connectivity index (χ2v) is 1.67. The molecule has 0 aromatic rings. The topological polar surface area (TPSA) is 63.6 Å². The van der Waals surface area contributed by atoms with Crippen molar-refractivity contribution in [1.29, 1.82) is 0 Å². The van der Waals surface area contributed by atoms with Crippen molar-refractivity contribution in [2.45, 2.75) is 0 Å². The first kappa shape index (κ1) is 5.77. The second-order valence-electron chi connectivity index (χ2n) is 0.394. The van der Waals surface area contributed by atoms with Gasteiger partial charge in [0.05, 0.1) is 0 Å². The molecule has 6 heavy (non-hydrogen) atoms. The minimum Gasteiger partial charge on any atom is -0.207 e. The lowest BCUT2D eigenvalue weighted by Crippen LogP contribution is -1.57. The average Bonchev–Trinajstić information content (AvgIpc) is 1.35. The summed E-state index contributed by atoms with van der Waals surface area (Å²) in [6.45, 7) is 0. The first-order valence-corrected chi connectivity index (χ1v) is 2.74. The normalized spacial score (nSPS) is 8.17. The average molecular weight is 127 g/mol. The van der Waals surface area contributed by atoms with E-state index in [0.717, 1.165) is 0 Å². The van der Waals surface area contributed by atoms with Crippen LogP contribution >= 0.6 is 0 Å². The third-order valence-electron chi connectivity index (χ3n) is 0.100. The van der Waals surface area contributed by atoms with Crippen LogP contribution in [0.5, 0.6) is 0 Å². The Morgan fingerprint density at radius 3 is 2.00 bits per heavy atom. The van der Waals surface area contributed by atoms with Crippen LogP contribution in [0.15, 0.2) is 3.77 Å². The van der Waals surface area contributed by atoms with Crippen LogP contribution < -0.4 is 0 Å². The Bertz CT molecular complexity index is 131. The molecule has 4 nitrogen and oxygen atoms in total. The highest BCUT2D eigenvalue weighted by molar-refractivity contribution is 7.77. The van der Waals surface area contributed by atoms with E-state index in [1.54, 1.807) is 0 Å². The molecule has 0 aromatic heterocycles. The predicted octanol–water partition coefficient (Wildman–Crippen LogP) is -1.09. The molecule has 0 amide bonds. The fourth-order valence-corrected chi connectivity index (χ4v) is 0.245. The van der Waals surface area contributed by atoms with E-state index in [1.165, 1.54) is 0 Å². The van der Waals surface area contributed by atoms with Gasteiger partial charge >= 0.3 is 0 Å². The number of hydrogen-bond donors (Lipinski definition) is 1. The minimum atomic E-state index is -2.83. The molecule has 0 aliphatic carbocycles. The third-order valence-corrected chi connectivity index (χ3v) is 0.900. The van der Waals surface area contributed by atoms with Crippen molar-refractivity contribution < 1.29 is 12.6 Å². The smallest absolute Gasteiger partial charge is 0.207 e. The Balaban J connectivity index is 3.98. The maximum absolute atomic E-state index is 9.25. The number of thiol groups is 1. The molecule has 0 heterocycles. The Hall–Kier alpha value is -0.230. The molecule has 0 saturated carbocycles. The maximum atomic E-state index is 9.25. The van der Waals surface area contributed by atoms with Gasteiger partial charge in [0.1, 0.15) is 0 Å². The van der Waals surface area contributed by atoms with E-state index in [9.17, 15) is 8.42 Å². The van der Waals surface area contributed by atoms with Gasteiger partial charge in [0.15, 0.2) is 0 Å². The predicted molar refractivity (Wildman–Crippen MR) is 20.9 cm³/mol. The lowest BCUT2D eigenvalue weighted by Gasteiger charge is -1.49. The SMILES string of the molecule is O=S=N[SH](=O)=O. The molecule has 0 aromatic carbocycles. The molecule has 0 rings (SSSR count). The summed E-state index contributed by atoms with van der Waals surface area (Å²) in [7, 11) is -2.83. The summed E-state index contributed by atoms with van der Waals surface area (Å²) in [5, 5.41) is 0. The molecule has 0 radical (unpaired) electrons. The van der Waals surface area contributed by atoms with Gasteiger partial charge in [-0.15, -0.1) is 0 Å². The van der Waals surface area contributed by atoms with E-state index < -0.39 is 10.9 Å². The standard InChI is InChI=1S/HNO3S2/c2-5-1-6(3)4/h6H. The lowest BCUT2D eigenvalue weighted by atomic mass is 13.9. The highest BCUT2D eigenvalue weighted by Gasteiger charge is 1.62. The van der Waals surface area contributed by atoms with E-state index in [2.05, 4.69) is 3.77 Å². The number of nitrogens with zero attached hydrogens (tertiary/aromatic N) is 1. The van der Waals surface area contributed by atoms with Crippen molar-refractivity contribution in [2.24, 2.45) is 3.77 Å². The summed E-state index contributed by atoms with van der Waals surface area (Å²) >= 11 is -0.311. The van der Waals surface area contributed by atoms with E-state index in [-0.39, 0.29) is 11.5 Å². The van der Waals surface area contributed by atoms with Crippen LogP contribution in [-0.4, -0.2) is 12.6 Å². The summed E-state index contributed by atoms with van der Waals surface area (Å²) < 4.78 is 30.0. The Kier molecular flexibility index (Phi) is 2.87. The molecule has 0 saturated heterocycles. The lowest BCUT2D eigenvalue weighted by molar-refractivity contribution is 0.616. The zero-order valence-corrected chi connectivity index (χ0v) is 4.24. The van der Waals surface area contributed by atoms with Gasteiger partial charge in [-0.05, 0) is 0 Å². The molecule has 0 atom stereocenters. The molecule has 6 heteroatoms. The van der Waals surface area contributed by atoms with Crippen LogP contribution in [0.3, 0.4) is 0 Å².